The molecule has 3 aromatic rings. The fraction of sp³-hybridized carbons (Fsp3) is 0.167. The molecule has 27 heavy (non-hydrogen) atoms. The number of hydrogen-bond donors (Lipinski definition) is 3. The fourth-order valence-electron chi connectivity index (χ4n) is 2.36. The molecule has 8 nitrogen and oxygen atoms in total. The van der Waals surface area contributed by atoms with Gasteiger partial charge in [-0.05, 0) is 25.1 Å². The van der Waals surface area contributed by atoms with Crippen molar-refractivity contribution in [3.63, 3.8) is 0 Å². The van der Waals surface area contributed by atoms with E-state index in [1.54, 1.807) is 30.3 Å². The van der Waals surface area contributed by atoms with Crippen LogP contribution in [0.25, 0.3) is 11.0 Å². The summed E-state index contributed by atoms with van der Waals surface area (Å²) in [6.45, 7) is 3.05. The summed E-state index contributed by atoms with van der Waals surface area (Å²) in [5.41, 5.74) is 1.55. The third-order valence-electron chi connectivity index (χ3n) is 3.50. The topological polar surface area (TPSA) is 105 Å². The Morgan fingerprint density at radius 2 is 2.00 bits per heavy atom. The van der Waals surface area contributed by atoms with Crippen molar-refractivity contribution < 1.29 is 19.4 Å². The molecule has 2 amide bonds. The van der Waals surface area contributed by atoms with Crippen molar-refractivity contribution in [2.24, 2.45) is 0 Å². The monoisotopic (exact) mass is 386 g/mol. The first-order chi connectivity index (χ1) is 13.0. The number of thiazole rings is 1. The molecule has 140 valence electrons. The van der Waals surface area contributed by atoms with Crippen molar-refractivity contribution in [1.29, 1.82) is 0 Å². The number of nitrogens with one attached hydrogen (secondary N) is 2. The van der Waals surface area contributed by atoms with E-state index < -0.39 is 6.09 Å². The van der Waals surface area contributed by atoms with Crippen molar-refractivity contribution in [1.82, 2.24) is 9.38 Å². The molecule has 0 saturated heterocycles. The summed E-state index contributed by atoms with van der Waals surface area (Å²) in [5.74, 6) is -0.363. The zero-order valence-electron chi connectivity index (χ0n) is 14.5. The number of amides is 2. The molecule has 0 bridgehead atoms. The van der Waals surface area contributed by atoms with Gasteiger partial charge in [-0.1, -0.05) is 23.5 Å². The van der Waals surface area contributed by atoms with Crippen molar-refractivity contribution in [3.05, 3.63) is 53.3 Å². The van der Waals surface area contributed by atoms with E-state index in [0.29, 0.717) is 24.6 Å². The highest BCUT2D eigenvalue weighted by Crippen LogP contribution is 2.22. The van der Waals surface area contributed by atoms with Gasteiger partial charge in [-0.25, -0.2) is 9.78 Å². The van der Waals surface area contributed by atoms with E-state index in [9.17, 15) is 9.59 Å². The number of carboxylic acid groups (broad SMARTS) is 1. The maximum absolute atomic E-state index is 12.1. The van der Waals surface area contributed by atoms with Gasteiger partial charge in [0.1, 0.15) is 0 Å². The van der Waals surface area contributed by atoms with E-state index in [1.807, 2.05) is 23.7 Å². The van der Waals surface area contributed by atoms with E-state index in [1.165, 1.54) is 17.4 Å². The second-order valence-electron chi connectivity index (χ2n) is 5.49. The SMILES string of the molecule is CCOCc1cn2cc(C=CC(=O)Nc3ccccc3NC(=O)O)sc2n1. The van der Waals surface area contributed by atoms with Crippen LogP contribution >= 0.6 is 11.3 Å². The van der Waals surface area contributed by atoms with Gasteiger partial charge in [0.25, 0.3) is 0 Å². The lowest BCUT2D eigenvalue weighted by atomic mass is 10.2. The van der Waals surface area contributed by atoms with Gasteiger partial charge in [0.15, 0.2) is 4.96 Å². The zero-order chi connectivity index (χ0) is 19.2. The summed E-state index contributed by atoms with van der Waals surface area (Å²) in [4.78, 5) is 29.1. The second-order valence-corrected chi connectivity index (χ2v) is 6.53. The molecule has 9 heteroatoms. The molecule has 0 fully saturated rings. The highest BCUT2D eigenvalue weighted by Gasteiger charge is 2.08. The molecule has 0 atom stereocenters. The Balaban J connectivity index is 1.65. The van der Waals surface area contributed by atoms with Crippen LogP contribution < -0.4 is 10.6 Å². The fourth-order valence-corrected chi connectivity index (χ4v) is 3.25. The van der Waals surface area contributed by atoms with Crippen molar-refractivity contribution >= 4 is 45.7 Å². The minimum Gasteiger partial charge on any atom is -0.465 e. The molecule has 0 aliphatic carbocycles. The summed E-state index contributed by atoms with van der Waals surface area (Å²) in [6.07, 6.45) is 5.66. The quantitative estimate of drug-likeness (QED) is 0.537. The first-order valence-electron chi connectivity index (χ1n) is 8.18. The summed E-state index contributed by atoms with van der Waals surface area (Å²) in [7, 11) is 0. The highest BCUT2D eigenvalue weighted by atomic mass is 32.1. The Labute approximate surface area is 159 Å². The smallest absolute Gasteiger partial charge is 0.409 e. The van der Waals surface area contributed by atoms with E-state index in [0.717, 1.165) is 15.5 Å². The summed E-state index contributed by atoms with van der Waals surface area (Å²) < 4.78 is 7.23. The van der Waals surface area contributed by atoms with Gasteiger partial charge in [0.2, 0.25) is 5.91 Å². The van der Waals surface area contributed by atoms with Crippen LogP contribution in [-0.2, 0) is 16.1 Å². The standard InChI is InChI=1S/C18H18N4O4S/c1-2-26-11-12-9-22-10-13(27-17(22)19-12)7-8-16(23)20-14-5-3-4-6-15(14)21-18(24)25/h3-10,21H,2,11H2,1H3,(H,20,23)(H,24,25). The van der Waals surface area contributed by atoms with E-state index in [2.05, 4.69) is 15.6 Å². The third kappa shape index (κ3) is 4.93. The number of para-hydroxylation sites is 2. The van der Waals surface area contributed by atoms with Crippen LogP contribution in [0.4, 0.5) is 16.2 Å². The minimum absolute atomic E-state index is 0.308. The lowest BCUT2D eigenvalue weighted by molar-refractivity contribution is -0.111. The first-order valence-corrected chi connectivity index (χ1v) is 9.00. The van der Waals surface area contributed by atoms with Crippen molar-refractivity contribution in [2.75, 3.05) is 17.2 Å². The Kier molecular flexibility index (Phi) is 5.84. The normalized spacial score (nSPS) is 11.1. The van der Waals surface area contributed by atoms with Crippen LogP contribution in [0.1, 0.15) is 17.5 Å². The average molecular weight is 386 g/mol. The van der Waals surface area contributed by atoms with Crippen LogP contribution in [0.3, 0.4) is 0 Å². The number of carbonyl (C=O) groups is 2. The van der Waals surface area contributed by atoms with Crippen molar-refractivity contribution in [2.45, 2.75) is 13.5 Å². The highest BCUT2D eigenvalue weighted by molar-refractivity contribution is 7.17. The molecule has 0 aliphatic heterocycles. The first kappa shape index (κ1) is 18.6. The number of benzene rings is 1. The average Bonchev–Trinajstić information content (AvgIpc) is 3.17. The summed E-state index contributed by atoms with van der Waals surface area (Å²) in [6, 6.07) is 6.58. The van der Waals surface area contributed by atoms with Crippen LogP contribution in [0.2, 0.25) is 0 Å². The maximum atomic E-state index is 12.1. The molecule has 0 unspecified atom stereocenters. The van der Waals surface area contributed by atoms with Gasteiger partial charge >= 0.3 is 6.09 Å². The Hall–Kier alpha value is -3.17. The van der Waals surface area contributed by atoms with Gasteiger partial charge in [-0.3, -0.25) is 14.5 Å². The van der Waals surface area contributed by atoms with Gasteiger partial charge in [0.05, 0.1) is 23.7 Å². The van der Waals surface area contributed by atoms with Gasteiger partial charge in [-0.2, -0.15) is 0 Å². The summed E-state index contributed by atoms with van der Waals surface area (Å²) >= 11 is 1.45. The molecular formula is C18H18N4O4S. The van der Waals surface area contributed by atoms with Gasteiger partial charge in [-0.15, -0.1) is 0 Å². The van der Waals surface area contributed by atoms with Gasteiger partial charge < -0.3 is 15.2 Å². The largest absolute Gasteiger partial charge is 0.465 e. The predicted molar refractivity (Wildman–Crippen MR) is 104 cm³/mol. The number of nitrogens with zero attached hydrogens (tertiary/aromatic N) is 2. The number of ether oxygens (including phenoxy) is 1. The number of fused-ring (bicyclic) bond motifs is 1. The molecule has 2 aromatic heterocycles. The molecular weight excluding hydrogens is 368 g/mol. The Bertz CT molecular complexity index is 961. The van der Waals surface area contributed by atoms with E-state index >= 15 is 0 Å². The molecule has 0 radical (unpaired) electrons. The number of imidazole rings is 1. The number of anilines is 2. The second kappa shape index (κ2) is 8.47. The lowest BCUT2D eigenvalue weighted by Gasteiger charge is -2.08. The third-order valence-corrected chi connectivity index (χ3v) is 4.47. The van der Waals surface area contributed by atoms with Crippen LogP contribution in [0.15, 0.2) is 42.7 Å². The van der Waals surface area contributed by atoms with Crippen LogP contribution in [-0.4, -0.2) is 33.1 Å². The predicted octanol–water partition coefficient (Wildman–Crippen LogP) is 3.67. The number of rotatable bonds is 7. The van der Waals surface area contributed by atoms with Crippen molar-refractivity contribution in [3.8, 4) is 0 Å². The van der Waals surface area contributed by atoms with Gasteiger partial charge in [0, 0.05) is 30.0 Å². The molecule has 3 rings (SSSR count). The maximum Gasteiger partial charge on any atom is 0.409 e. The van der Waals surface area contributed by atoms with E-state index in [4.69, 9.17) is 9.84 Å². The molecule has 3 N–H and O–H groups in total. The van der Waals surface area contributed by atoms with Crippen LogP contribution in [0.5, 0.6) is 0 Å². The van der Waals surface area contributed by atoms with E-state index in [-0.39, 0.29) is 5.91 Å². The summed E-state index contributed by atoms with van der Waals surface area (Å²) in [5, 5.41) is 13.7. The molecule has 0 saturated carbocycles. The number of hydrogen-bond acceptors (Lipinski definition) is 5. The molecule has 0 aliphatic rings. The number of aromatic nitrogens is 2. The molecule has 2 heterocycles. The molecule has 1 aromatic carbocycles. The molecule has 0 spiro atoms. The van der Waals surface area contributed by atoms with Crippen LogP contribution in [0, 0.1) is 0 Å². The Morgan fingerprint density at radius 3 is 2.67 bits per heavy atom. The minimum atomic E-state index is -1.20. The zero-order valence-corrected chi connectivity index (χ0v) is 15.3. The lowest BCUT2D eigenvalue weighted by Crippen LogP contribution is -2.13. The number of carbonyl (C=O) groups excluding carboxylic acids is 1. The Morgan fingerprint density at radius 1 is 1.26 bits per heavy atom.